The molecule has 0 aliphatic rings. The maximum absolute atomic E-state index is 12.2. The second kappa shape index (κ2) is 5.70. The SMILES string of the molecule is Cn1nc(C(C)(C)C)cc1NC(=O)c1ccc(Cl)c(Cl)c1. The highest BCUT2D eigenvalue weighted by Gasteiger charge is 2.20. The third-order valence-electron chi connectivity index (χ3n) is 3.07. The minimum absolute atomic E-state index is 0.0790. The summed E-state index contributed by atoms with van der Waals surface area (Å²) in [4.78, 5) is 12.2. The molecular weight excluding hydrogens is 309 g/mol. The van der Waals surface area contributed by atoms with Gasteiger partial charge in [0.05, 0.1) is 15.7 Å². The van der Waals surface area contributed by atoms with Crippen LogP contribution < -0.4 is 5.32 Å². The molecule has 2 rings (SSSR count). The largest absolute Gasteiger partial charge is 0.307 e. The maximum atomic E-state index is 12.2. The van der Waals surface area contributed by atoms with E-state index >= 15 is 0 Å². The van der Waals surface area contributed by atoms with Gasteiger partial charge in [-0.15, -0.1) is 0 Å². The van der Waals surface area contributed by atoms with Gasteiger partial charge in [-0.3, -0.25) is 9.48 Å². The van der Waals surface area contributed by atoms with Gasteiger partial charge in [0.25, 0.3) is 5.91 Å². The molecule has 0 atom stereocenters. The molecule has 0 radical (unpaired) electrons. The first-order valence-corrected chi connectivity index (χ1v) is 7.25. The van der Waals surface area contributed by atoms with Crippen LogP contribution >= 0.6 is 23.2 Å². The van der Waals surface area contributed by atoms with Crippen LogP contribution in [0.15, 0.2) is 24.3 Å². The summed E-state index contributed by atoms with van der Waals surface area (Å²) in [6, 6.07) is 6.64. The number of carbonyl (C=O) groups is 1. The normalized spacial score (nSPS) is 11.5. The number of anilines is 1. The summed E-state index contributed by atoms with van der Waals surface area (Å²) in [6.45, 7) is 6.21. The summed E-state index contributed by atoms with van der Waals surface area (Å²) >= 11 is 11.8. The minimum atomic E-state index is -0.253. The Bertz CT molecular complexity index is 687. The summed E-state index contributed by atoms with van der Waals surface area (Å²) < 4.78 is 1.65. The van der Waals surface area contributed by atoms with Crippen LogP contribution in [0.4, 0.5) is 5.82 Å². The fourth-order valence-electron chi connectivity index (χ4n) is 1.78. The van der Waals surface area contributed by atoms with Crippen LogP contribution in [0.1, 0.15) is 36.8 Å². The van der Waals surface area contributed by atoms with E-state index in [1.165, 1.54) is 0 Å². The van der Waals surface area contributed by atoms with Gasteiger partial charge in [-0.1, -0.05) is 44.0 Å². The van der Waals surface area contributed by atoms with Crippen molar-refractivity contribution in [3.05, 3.63) is 45.6 Å². The van der Waals surface area contributed by atoms with Gasteiger partial charge >= 0.3 is 0 Å². The molecule has 1 aromatic heterocycles. The first kappa shape index (κ1) is 15.9. The average Bonchev–Trinajstić information content (AvgIpc) is 2.74. The van der Waals surface area contributed by atoms with Gasteiger partial charge < -0.3 is 5.32 Å². The number of rotatable bonds is 2. The molecule has 1 aromatic carbocycles. The summed E-state index contributed by atoms with van der Waals surface area (Å²) in [6.07, 6.45) is 0. The molecule has 112 valence electrons. The number of nitrogens with zero attached hydrogens (tertiary/aromatic N) is 2. The molecule has 0 aliphatic heterocycles. The highest BCUT2D eigenvalue weighted by atomic mass is 35.5. The molecule has 21 heavy (non-hydrogen) atoms. The lowest BCUT2D eigenvalue weighted by atomic mass is 9.92. The topological polar surface area (TPSA) is 46.9 Å². The third-order valence-corrected chi connectivity index (χ3v) is 3.81. The molecule has 0 aliphatic carbocycles. The monoisotopic (exact) mass is 325 g/mol. The summed E-state index contributed by atoms with van der Waals surface area (Å²) in [7, 11) is 1.79. The second-order valence-corrected chi connectivity index (χ2v) is 6.69. The van der Waals surface area contributed by atoms with Gasteiger partial charge in [-0.05, 0) is 18.2 Å². The van der Waals surface area contributed by atoms with Gasteiger partial charge in [0, 0.05) is 24.1 Å². The minimum Gasteiger partial charge on any atom is -0.307 e. The average molecular weight is 326 g/mol. The summed E-state index contributed by atoms with van der Waals surface area (Å²) in [5.74, 6) is 0.382. The van der Waals surface area contributed by atoms with Gasteiger partial charge in [-0.25, -0.2) is 0 Å². The molecule has 0 fully saturated rings. The van der Waals surface area contributed by atoms with Crippen LogP contribution in [0.25, 0.3) is 0 Å². The van der Waals surface area contributed by atoms with Crippen molar-refractivity contribution >= 4 is 34.9 Å². The zero-order valence-corrected chi connectivity index (χ0v) is 13.9. The molecule has 1 amide bonds. The van der Waals surface area contributed by atoms with Gasteiger partial charge in [0.1, 0.15) is 5.82 Å². The zero-order valence-electron chi connectivity index (χ0n) is 12.4. The van der Waals surface area contributed by atoms with Gasteiger partial charge in [-0.2, -0.15) is 5.10 Å². The lowest BCUT2D eigenvalue weighted by Gasteiger charge is -2.13. The molecule has 1 heterocycles. The molecule has 4 nitrogen and oxygen atoms in total. The van der Waals surface area contributed by atoms with Crippen molar-refractivity contribution in [1.29, 1.82) is 0 Å². The van der Waals surface area contributed by atoms with Crippen molar-refractivity contribution in [1.82, 2.24) is 9.78 Å². The number of carbonyl (C=O) groups excluding carboxylic acids is 1. The van der Waals surface area contributed by atoms with Gasteiger partial charge in [0.2, 0.25) is 0 Å². The molecule has 2 aromatic rings. The number of aryl methyl sites for hydroxylation is 1. The smallest absolute Gasteiger partial charge is 0.256 e. The molecule has 6 heteroatoms. The predicted molar refractivity (Wildman–Crippen MR) is 86.3 cm³/mol. The fraction of sp³-hybridized carbons (Fsp3) is 0.333. The van der Waals surface area contributed by atoms with E-state index in [-0.39, 0.29) is 11.3 Å². The molecule has 0 unspecified atom stereocenters. The molecule has 0 saturated heterocycles. The van der Waals surface area contributed by atoms with Crippen molar-refractivity contribution < 1.29 is 4.79 Å². The number of benzene rings is 1. The quantitative estimate of drug-likeness (QED) is 0.895. The number of halogens is 2. The fourth-order valence-corrected chi connectivity index (χ4v) is 2.07. The van der Waals surface area contributed by atoms with E-state index in [1.807, 2.05) is 6.07 Å². The highest BCUT2D eigenvalue weighted by molar-refractivity contribution is 6.42. The Morgan fingerprint density at radius 3 is 2.38 bits per heavy atom. The van der Waals surface area contributed by atoms with Crippen LogP contribution in [0.3, 0.4) is 0 Å². The molecule has 1 N–H and O–H groups in total. The van der Waals surface area contributed by atoms with Gasteiger partial charge in [0.15, 0.2) is 0 Å². The lowest BCUT2D eigenvalue weighted by molar-refractivity contribution is 0.102. The van der Waals surface area contributed by atoms with E-state index in [9.17, 15) is 4.79 Å². The first-order valence-electron chi connectivity index (χ1n) is 6.49. The van der Waals surface area contributed by atoms with Crippen molar-refractivity contribution in [3.8, 4) is 0 Å². The number of hydrogen-bond donors (Lipinski definition) is 1. The Hall–Kier alpha value is -1.52. The van der Waals surface area contributed by atoms with Crippen LogP contribution in [0.5, 0.6) is 0 Å². The summed E-state index contributed by atoms with van der Waals surface area (Å²) in [5.41, 5.74) is 1.28. The lowest BCUT2D eigenvalue weighted by Crippen LogP contribution is -2.14. The van der Waals surface area contributed by atoms with E-state index in [1.54, 1.807) is 29.9 Å². The van der Waals surface area contributed by atoms with Crippen LogP contribution in [0.2, 0.25) is 10.0 Å². The number of amides is 1. The van der Waals surface area contributed by atoms with Crippen molar-refractivity contribution in [2.45, 2.75) is 26.2 Å². The number of aromatic nitrogens is 2. The number of nitrogens with one attached hydrogen (secondary N) is 1. The van der Waals surface area contributed by atoms with Crippen molar-refractivity contribution in [3.63, 3.8) is 0 Å². The zero-order chi connectivity index (χ0) is 15.8. The Labute approximate surface area is 134 Å². The Morgan fingerprint density at radius 1 is 1.19 bits per heavy atom. The third kappa shape index (κ3) is 3.57. The maximum Gasteiger partial charge on any atom is 0.256 e. The first-order chi connectivity index (χ1) is 9.68. The number of hydrogen-bond acceptors (Lipinski definition) is 2. The molecule has 0 spiro atoms. The summed E-state index contributed by atoms with van der Waals surface area (Å²) in [5, 5.41) is 8.01. The Balaban J connectivity index is 2.23. The highest BCUT2D eigenvalue weighted by Crippen LogP contribution is 2.25. The molecule has 0 bridgehead atoms. The van der Waals surface area contributed by atoms with E-state index in [0.29, 0.717) is 21.4 Å². The van der Waals surface area contributed by atoms with Crippen molar-refractivity contribution in [2.75, 3.05) is 5.32 Å². The van der Waals surface area contributed by atoms with E-state index in [0.717, 1.165) is 5.69 Å². The molecular formula is C15H17Cl2N3O. The van der Waals surface area contributed by atoms with E-state index < -0.39 is 0 Å². The van der Waals surface area contributed by atoms with Crippen LogP contribution in [-0.4, -0.2) is 15.7 Å². The predicted octanol–water partition coefficient (Wildman–Crippen LogP) is 4.28. The van der Waals surface area contributed by atoms with Crippen LogP contribution in [-0.2, 0) is 12.5 Å². The van der Waals surface area contributed by atoms with Crippen LogP contribution in [0, 0.1) is 0 Å². The van der Waals surface area contributed by atoms with Crippen molar-refractivity contribution in [2.24, 2.45) is 7.05 Å². The Kier molecular flexibility index (Phi) is 4.30. The Morgan fingerprint density at radius 2 is 1.86 bits per heavy atom. The second-order valence-electron chi connectivity index (χ2n) is 5.87. The van der Waals surface area contributed by atoms with E-state index in [4.69, 9.17) is 23.2 Å². The van der Waals surface area contributed by atoms with E-state index in [2.05, 4.69) is 31.2 Å². The molecule has 0 saturated carbocycles. The standard InChI is InChI=1S/C15H17Cl2N3O/c1-15(2,3)12-8-13(20(4)19-12)18-14(21)9-5-6-10(16)11(17)7-9/h5-8H,1-4H3,(H,18,21).